The predicted molar refractivity (Wildman–Crippen MR) is 0 cm³/mol. The molecule has 0 aromatic rings. The Labute approximate surface area is 1230 Å². The van der Waals surface area contributed by atoms with Crippen molar-refractivity contribution in [3.05, 3.63) is 0 Å². The molecule has 0 saturated heterocycles. The number of rotatable bonds is 0. The zero-order valence-corrected chi connectivity index (χ0v) is 133. The average molecular weight is 3470 g/mol. The molecule has 0 heterocycles. The van der Waals surface area contributed by atoms with Crippen LogP contribution in [0.3, 0.4) is 0 Å². The fourth-order valence-electron chi connectivity index (χ4n) is 0. The van der Waals surface area contributed by atoms with E-state index in [1.54, 1.807) is 0 Å². The van der Waals surface area contributed by atoms with E-state index in [1.807, 2.05) is 0 Å². The maximum Gasteiger partial charge on any atom is 0 e. The first-order valence-corrected chi connectivity index (χ1v) is 0. The topological polar surface area (TPSA) is 0 Å². The van der Waals surface area contributed by atoms with Crippen molar-refractivity contribution in [2.24, 2.45) is 0 Å². The Balaban J connectivity index is 0. The van der Waals surface area contributed by atoms with Gasteiger partial charge in [0.1, 0.15) is 0 Å². The first-order valence-electron chi connectivity index (χ1n) is 0. The Kier molecular flexibility index (Phi) is 2090. The number of hydrogen-bond donors (Lipinski definition) is 0. The van der Waals surface area contributed by atoms with Crippen LogP contribution in [0.15, 0.2) is 0 Å². The minimum Gasteiger partial charge on any atom is 0 e. The summed E-state index contributed by atoms with van der Waals surface area (Å²) in [6, 6.07) is 0. The molecule has 0 aliphatic carbocycles. The van der Waals surface area contributed by atoms with Gasteiger partial charge in [0.25, 0.3) is 0 Å². The molecule has 0 bridgehead atoms. The minimum atomic E-state index is 0. The normalized spacial score (nSPS) is 0. The minimum absolute atomic E-state index is 0. The van der Waals surface area contributed by atoms with E-state index in [0.29, 0.717) is 0 Å². The Hall–Kier alpha value is 43.1. The summed E-state index contributed by atoms with van der Waals surface area (Å²) in [5.74, 6) is 0. The molecule has 0 nitrogen and oxygen atoms in total. The Morgan fingerprint density at radius 1 is 0.0256 bits per heavy atom. The van der Waals surface area contributed by atoms with Gasteiger partial charge in [-0.05, 0) is 0 Å². The van der Waals surface area contributed by atoms with E-state index in [2.05, 4.69) is 0 Å². The first kappa shape index (κ1) is 291. The van der Waals surface area contributed by atoms with E-state index in [9.17, 15) is 0 Å². The molecule has 0 amide bonds. The molecular formula is Y39. The Morgan fingerprint density at radius 3 is 0.0256 bits per heavy atom. The molecule has 0 aromatic heterocycles. The predicted octanol–water partition coefficient (Wildman–Crippen LogP) is -0.0975. The third-order valence-corrected chi connectivity index (χ3v) is 0. The Bertz CT molecular complexity index is 0. The van der Waals surface area contributed by atoms with Gasteiger partial charge >= 0.3 is 0 Å². The first-order chi connectivity index (χ1) is 0. The summed E-state index contributed by atoms with van der Waals surface area (Å²) in [6.07, 6.45) is 0. The molecule has 0 N–H and O–H groups in total. The quantitative estimate of drug-likeness (QED) is 0.319. The SMILES string of the molecule is [Y].[Y].[Y].[Y].[Y].[Y].[Y].[Y].[Y].[Y].[Y].[Y].[Y].[Y].[Y].[Y].[Y].[Y].[Y].[Y].[Y].[Y].[Y].[Y].[Y].[Y].[Y].[Y].[Y].[Y].[Y].[Y].[Y].[Y].[Y].[Y].[Y].[Y].[Y]. The molecule has 0 atom stereocenters. The summed E-state index contributed by atoms with van der Waals surface area (Å²) < 4.78 is 0. The molecule has 0 aliphatic rings. The second kappa shape index (κ2) is 280. The van der Waals surface area contributed by atoms with E-state index < -0.39 is 0 Å². The van der Waals surface area contributed by atoms with Gasteiger partial charge in [0.05, 0.1) is 0 Å². The van der Waals surface area contributed by atoms with E-state index in [4.69, 9.17) is 0 Å². The van der Waals surface area contributed by atoms with Gasteiger partial charge in [0.15, 0.2) is 0 Å². The zero-order chi connectivity index (χ0) is 0. The fraction of sp³-hybridized carbons (Fsp3) is 0. The summed E-state index contributed by atoms with van der Waals surface area (Å²) in [5, 5.41) is 0. The van der Waals surface area contributed by atoms with Crippen molar-refractivity contribution in [2.45, 2.75) is 0 Å². The summed E-state index contributed by atoms with van der Waals surface area (Å²) in [6.45, 7) is 0. The maximum absolute atomic E-state index is 0. The summed E-state index contributed by atoms with van der Waals surface area (Å²) in [7, 11) is 0. The van der Waals surface area contributed by atoms with Crippen LogP contribution >= 0.6 is 0 Å². The molecule has 0 spiro atoms. The van der Waals surface area contributed by atoms with Crippen LogP contribution in [0.4, 0.5) is 0 Å². The second-order valence-electron chi connectivity index (χ2n) is 0. The zero-order valence-electron chi connectivity index (χ0n) is 22.5. The van der Waals surface area contributed by atoms with Crippen molar-refractivity contribution < 1.29 is 1280 Å². The van der Waals surface area contributed by atoms with Gasteiger partial charge < -0.3 is 0 Å². The molecule has 0 unspecified atom stereocenters. The van der Waals surface area contributed by atoms with Crippen LogP contribution in [0.1, 0.15) is 0 Å². The molecule has 39 heteroatoms. The second-order valence-corrected chi connectivity index (χ2v) is 0. The summed E-state index contributed by atoms with van der Waals surface area (Å²) >= 11 is 0. The van der Waals surface area contributed by atoms with E-state index in [1.165, 1.54) is 0 Å². The van der Waals surface area contributed by atoms with Crippen molar-refractivity contribution in [1.82, 2.24) is 0 Å². The van der Waals surface area contributed by atoms with Crippen molar-refractivity contribution in [1.29, 1.82) is 0 Å². The van der Waals surface area contributed by atoms with Gasteiger partial charge in [-0.2, -0.15) is 0 Å². The third-order valence-electron chi connectivity index (χ3n) is 0. The van der Waals surface area contributed by atoms with E-state index >= 15 is 0 Å². The van der Waals surface area contributed by atoms with Gasteiger partial charge in [-0.3, -0.25) is 0 Å². The van der Waals surface area contributed by atoms with Crippen LogP contribution < -0.4 is 0 Å². The van der Waals surface area contributed by atoms with Crippen LogP contribution in [0.5, 0.6) is 0 Å². The molecule has 39 radical (unpaired) electrons. The summed E-state index contributed by atoms with van der Waals surface area (Å²) in [5.41, 5.74) is 0. The Morgan fingerprint density at radius 2 is 0.0256 bits per heavy atom. The van der Waals surface area contributed by atoms with Crippen molar-refractivity contribution in [3.8, 4) is 0 Å². The standard InChI is InChI=1S/39Y. The van der Waals surface area contributed by atoms with Crippen LogP contribution in [-0.2, 0) is 1280 Å². The van der Waals surface area contributed by atoms with Gasteiger partial charge in [0.2, 0.25) is 0 Å². The molecule has 117 valence electrons. The molecule has 0 aliphatic heterocycles. The molecule has 0 rings (SSSR count). The largest absolute Gasteiger partial charge is 0 e. The number of hydrogen-bond acceptors (Lipinski definition) is 0. The van der Waals surface area contributed by atoms with E-state index in [0.717, 1.165) is 0 Å². The average Bonchev–Trinajstić information content (AvgIpc) is 0. The van der Waals surface area contributed by atoms with Gasteiger partial charge in [0, 0.05) is 1280 Å². The van der Waals surface area contributed by atoms with Gasteiger partial charge in [-0.1, -0.05) is 0 Å². The monoisotopic (exact) mass is 3470 g/mol. The maximum atomic E-state index is 0. The third kappa shape index (κ3) is 273. The van der Waals surface area contributed by atoms with Gasteiger partial charge in [-0.15, -0.1) is 0 Å². The van der Waals surface area contributed by atoms with Crippen LogP contribution in [0.25, 0.3) is 0 Å². The van der Waals surface area contributed by atoms with E-state index in [-0.39, 0.29) is 1280 Å². The molecule has 0 fully saturated rings. The molecule has 0 aromatic carbocycles. The van der Waals surface area contributed by atoms with Crippen LogP contribution in [-0.4, -0.2) is 0 Å². The molecule has 39 heavy (non-hydrogen) atoms. The van der Waals surface area contributed by atoms with Crippen LogP contribution in [0, 0.1) is 0 Å². The van der Waals surface area contributed by atoms with Gasteiger partial charge in [-0.25, -0.2) is 0 Å². The summed E-state index contributed by atoms with van der Waals surface area (Å²) in [4.78, 5) is 0. The van der Waals surface area contributed by atoms with Crippen molar-refractivity contribution >= 4 is 0 Å². The van der Waals surface area contributed by atoms with Crippen LogP contribution in [0.2, 0.25) is 0 Å². The fourth-order valence-corrected chi connectivity index (χ4v) is 0. The molecule has 0 saturated carbocycles. The van der Waals surface area contributed by atoms with Crippen molar-refractivity contribution in [3.63, 3.8) is 0 Å². The smallest absolute Gasteiger partial charge is 0 e. The van der Waals surface area contributed by atoms with Crippen molar-refractivity contribution in [2.75, 3.05) is 0 Å². The molecular weight excluding hydrogens is 3470 g/mol.